The van der Waals surface area contributed by atoms with Crippen LogP contribution in [0.15, 0.2) is 18.5 Å². The fourth-order valence-electron chi connectivity index (χ4n) is 2.30. The quantitative estimate of drug-likeness (QED) is 0.821. The highest BCUT2D eigenvalue weighted by molar-refractivity contribution is 5.75. The standard InChI is InChI=1S/C15H27N3O/c1-12(2)15(16-3)13-8-10-18(11-13)9-6-7-14(19)17(4)5/h8,10-12,15-16H,6-7,9H2,1-5H3. The molecular formula is C15H27N3O. The third-order valence-electron chi connectivity index (χ3n) is 3.42. The summed E-state index contributed by atoms with van der Waals surface area (Å²) in [6.07, 6.45) is 5.78. The van der Waals surface area contributed by atoms with Crippen LogP contribution in [0.2, 0.25) is 0 Å². The minimum absolute atomic E-state index is 0.197. The first-order chi connectivity index (χ1) is 8.95. The molecule has 1 heterocycles. The summed E-state index contributed by atoms with van der Waals surface area (Å²) in [6.45, 7) is 5.33. The summed E-state index contributed by atoms with van der Waals surface area (Å²) in [5.74, 6) is 0.763. The third-order valence-corrected chi connectivity index (χ3v) is 3.42. The van der Waals surface area contributed by atoms with Gasteiger partial charge in [0.05, 0.1) is 0 Å². The van der Waals surface area contributed by atoms with E-state index < -0.39 is 0 Å². The van der Waals surface area contributed by atoms with Crippen molar-refractivity contribution in [3.63, 3.8) is 0 Å². The van der Waals surface area contributed by atoms with Crippen LogP contribution in [0, 0.1) is 5.92 Å². The zero-order valence-corrected chi connectivity index (χ0v) is 12.8. The summed E-state index contributed by atoms with van der Waals surface area (Å²) < 4.78 is 2.17. The highest BCUT2D eigenvalue weighted by Gasteiger charge is 2.14. The summed E-state index contributed by atoms with van der Waals surface area (Å²) >= 11 is 0. The lowest BCUT2D eigenvalue weighted by molar-refractivity contribution is -0.128. The van der Waals surface area contributed by atoms with Crippen molar-refractivity contribution in [2.45, 2.75) is 39.3 Å². The Hall–Kier alpha value is -1.29. The molecule has 1 unspecified atom stereocenters. The lowest BCUT2D eigenvalue weighted by atomic mass is 9.99. The van der Waals surface area contributed by atoms with Crippen LogP contribution in [0.1, 0.15) is 38.3 Å². The Morgan fingerprint density at radius 2 is 2.11 bits per heavy atom. The second-order valence-corrected chi connectivity index (χ2v) is 5.58. The zero-order valence-electron chi connectivity index (χ0n) is 12.8. The highest BCUT2D eigenvalue weighted by atomic mass is 16.2. The van der Waals surface area contributed by atoms with Crippen molar-refractivity contribution in [2.75, 3.05) is 21.1 Å². The minimum Gasteiger partial charge on any atom is -0.354 e. The average molecular weight is 265 g/mol. The van der Waals surface area contributed by atoms with Crippen LogP contribution >= 0.6 is 0 Å². The summed E-state index contributed by atoms with van der Waals surface area (Å²) in [7, 11) is 5.60. The van der Waals surface area contributed by atoms with Crippen molar-refractivity contribution >= 4 is 5.91 Å². The van der Waals surface area contributed by atoms with Gasteiger partial charge in [-0.05, 0) is 31.0 Å². The molecule has 1 aromatic rings. The number of hydrogen-bond donors (Lipinski definition) is 1. The molecule has 108 valence electrons. The molecule has 0 fully saturated rings. The zero-order chi connectivity index (χ0) is 14.4. The fraction of sp³-hybridized carbons (Fsp3) is 0.667. The Kier molecular flexibility index (Phi) is 6.09. The Morgan fingerprint density at radius 3 is 2.63 bits per heavy atom. The van der Waals surface area contributed by atoms with E-state index in [0.717, 1.165) is 13.0 Å². The van der Waals surface area contributed by atoms with E-state index in [-0.39, 0.29) is 5.91 Å². The van der Waals surface area contributed by atoms with E-state index in [2.05, 4.69) is 42.2 Å². The van der Waals surface area contributed by atoms with Crippen molar-refractivity contribution in [1.82, 2.24) is 14.8 Å². The SMILES string of the molecule is CNC(c1ccn(CCCC(=O)N(C)C)c1)C(C)C. The molecule has 4 nitrogen and oxygen atoms in total. The summed E-state index contributed by atoms with van der Waals surface area (Å²) in [6, 6.07) is 2.55. The molecule has 19 heavy (non-hydrogen) atoms. The molecule has 4 heteroatoms. The largest absolute Gasteiger partial charge is 0.354 e. The Bertz CT molecular complexity index is 396. The summed E-state index contributed by atoms with van der Waals surface area (Å²) in [5.41, 5.74) is 1.32. The monoisotopic (exact) mass is 265 g/mol. The molecule has 0 aliphatic heterocycles. The van der Waals surface area contributed by atoms with Crippen LogP contribution in [0.4, 0.5) is 0 Å². The van der Waals surface area contributed by atoms with E-state index in [9.17, 15) is 4.79 Å². The first kappa shape index (κ1) is 15.8. The smallest absolute Gasteiger partial charge is 0.222 e. The lowest BCUT2D eigenvalue weighted by Crippen LogP contribution is -2.21. The van der Waals surface area contributed by atoms with Gasteiger partial charge in [0, 0.05) is 45.5 Å². The van der Waals surface area contributed by atoms with Crippen molar-refractivity contribution in [1.29, 1.82) is 0 Å². The van der Waals surface area contributed by atoms with E-state index in [0.29, 0.717) is 18.4 Å². The van der Waals surface area contributed by atoms with Gasteiger partial charge in [0.2, 0.25) is 5.91 Å². The summed E-state index contributed by atoms with van der Waals surface area (Å²) in [4.78, 5) is 13.1. The Balaban J connectivity index is 2.49. The maximum Gasteiger partial charge on any atom is 0.222 e. The molecule has 0 aliphatic rings. The molecule has 0 spiro atoms. The van der Waals surface area contributed by atoms with Gasteiger partial charge in [-0.25, -0.2) is 0 Å². The van der Waals surface area contributed by atoms with Gasteiger partial charge in [-0.3, -0.25) is 4.79 Å². The molecule has 0 saturated carbocycles. The average Bonchev–Trinajstić information content (AvgIpc) is 2.77. The normalized spacial score (nSPS) is 12.7. The molecule has 1 aromatic heterocycles. The first-order valence-corrected chi connectivity index (χ1v) is 6.98. The number of amides is 1. The predicted octanol–water partition coefficient (Wildman–Crippen LogP) is 2.27. The molecule has 0 bridgehead atoms. The Labute approximate surface area is 116 Å². The maximum atomic E-state index is 11.5. The van der Waals surface area contributed by atoms with Gasteiger partial charge >= 0.3 is 0 Å². The number of aryl methyl sites for hydroxylation is 1. The van der Waals surface area contributed by atoms with Gasteiger partial charge in [-0.15, -0.1) is 0 Å². The van der Waals surface area contributed by atoms with Crippen molar-refractivity contribution in [3.8, 4) is 0 Å². The molecule has 1 atom stereocenters. The number of carbonyl (C=O) groups is 1. The maximum absolute atomic E-state index is 11.5. The molecule has 0 saturated heterocycles. The number of aromatic nitrogens is 1. The van der Waals surface area contributed by atoms with Crippen LogP contribution < -0.4 is 5.32 Å². The van der Waals surface area contributed by atoms with Crippen molar-refractivity contribution < 1.29 is 4.79 Å². The van der Waals surface area contributed by atoms with Gasteiger partial charge in [0.1, 0.15) is 0 Å². The van der Waals surface area contributed by atoms with Gasteiger partial charge in [0.25, 0.3) is 0 Å². The van der Waals surface area contributed by atoms with Gasteiger partial charge < -0.3 is 14.8 Å². The van der Waals surface area contributed by atoms with E-state index >= 15 is 0 Å². The van der Waals surface area contributed by atoms with E-state index in [1.165, 1.54) is 5.56 Å². The molecular weight excluding hydrogens is 238 g/mol. The number of carbonyl (C=O) groups excluding carboxylic acids is 1. The van der Waals surface area contributed by atoms with Crippen molar-refractivity contribution in [3.05, 3.63) is 24.0 Å². The topological polar surface area (TPSA) is 37.3 Å². The van der Waals surface area contributed by atoms with E-state index in [1.54, 1.807) is 19.0 Å². The molecule has 1 amide bonds. The van der Waals surface area contributed by atoms with Gasteiger partial charge in [0.15, 0.2) is 0 Å². The number of hydrogen-bond acceptors (Lipinski definition) is 2. The van der Waals surface area contributed by atoms with Gasteiger partial charge in [-0.2, -0.15) is 0 Å². The molecule has 0 radical (unpaired) electrons. The second kappa shape index (κ2) is 7.34. The number of nitrogens with zero attached hydrogens (tertiary/aromatic N) is 2. The molecule has 0 aliphatic carbocycles. The van der Waals surface area contributed by atoms with Crippen LogP contribution in [-0.2, 0) is 11.3 Å². The van der Waals surface area contributed by atoms with Crippen LogP contribution in [0.25, 0.3) is 0 Å². The molecule has 1 N–H and O–H groups in total. The minimum atomic E-state index is 0.197. The lowest BCUT2D eigenvalue weighted by Gasteiger charge is -2.18. The molecule has 0 aromatic carbocycles. The van der Waals surface area contributed by atoms with Crippen LogP contribution in [0.3, 0.4) is 0 Å². The number of rotatable bonds is 7. The van der Waals surface area contributed by atoms with Crippen molar-refractivity contribution in [2.24, 2.45) is 5.92 Å². The Morgan fingerprint density at radius 1 is 1.42 bits per heavy atom. The molecule has 1 rings (SSSR count). The van der Waals surface area contributed by atoms with E-state index in [4.69, 9.17) is 0 Å². The third kappa shape index (κ3) is 4.71. The fourth-order valence-corrected chi connectivity index (χ4v) is 2.30. The first-order valence-electron chi connectivity index (χ1n) is 6.98. The summed E-state index contributed by atoms with van der Waals surface area (Å²) in [5, 5.41) is 3.35. The predicted molar refractivity (Wildman–Crippen MR) is 79.0 cm³/mol. The van der Waals surface area contributed by atoms with Crippen LogP contribution in [-0.4, -0.2) is 36.5 Å². The second-order valence-electron chi connectivity index (χ2n) is 5.58. The van der Waals surface area contributed by atoms with Gasteiger partial charge in [-0.1, -0.05) is 13.8 Å². The highest BCUT2D eigenvalue weighted by Crippen LogP contribution is 2.21. The van der Waals surface area contributed by atoms with E-state index in [1.807, 2.05) is 7.05 Å². The van der Waals surface area contributed by atoms with Crippen LogP contribution in [0.5, 0.6) is 0 Å². The number of nitrogens with one attached hydrogen (secondary N) is 1.